The normalized spacial score (nSPS) is 20.8. The van der Waals surface area contributed by atoms with E-state index in [0.717, 1.165) is 37.5 Å². The summed E-state index contributed by atoms with van der Waals surface area (Å²) in [5.74, 6) is 1.14. The number of β-amino-alcohol motifs (C(OH)–C–C–N with tert-alkyl or cyclic N) is 1. The predicted molar refractivity (Wildman–Crippen MR) is 97.8 cm³/mol. The Bertz CT molecular complexity index is 586. The van der Waals surface area contributed by atoms with Crippen molar-refractivity contribution < 1.29 is 9.90 Å². The quantitative estimate of drug-likeness (QED) is 0.792. The van der Waals surface area contributed by atoms with Crippen molar-refractivity contribution in [3.63, 3.8) is 0 Å². The Morgan fingerprint density at radius 1 is 1.32 bits per heavy atom. The highest BCUT2D eigenvalue weighted by Gasteiger charge is 2.33. The van der Waals surface area contributed by atoms with Crippen molar-refractivity contribution in [2.45, 2.75) is 64.5 Å². The van der Waals surface area contributed by atoms with Gasteiger partial charge in [-0.2, -0.15) is 5.10 Å². The number of nitrogens with zero attached hydrogens (tertiary/aromatic N) is 3. The van der Waals surface area contributed by atoms with E-state index in [4.69, 9.17) is 0 Å². The minimum Gasteiger partial charge on any atom is -0.390 e. The van der Waals surface area contributed by atoms with Crippen molar-refractivity contribution in [1.29, 1.82) is 0 Å². The molecule has 2 heterocycles. The summed E-state index contributed by atoms with van der Waals surface area (Å²) in [5, 5.41) is 17.6. The molecule has 0 spiro atoms. The summed E-state index contributed by atoms with van der Waals surface area (Å²) >= 11 is 0. The van der Waals surface area contributed by atoms with Crippen molar-refractivity contribution >= 4 is 5.91 Å². The molecule has 1 aromatic heterocycles. The lowest BCUT2D eigenvalue weighted by molar-refractivity contribution is 0.0794. The molecule has 3 rings (SSSR count). The molecule has 1 saturated carbocycles. The highest BCUT2D eigenvalue weighted by molar-refractivity contribution is 5.95. The second kappa shape index (κ2) is 7.87. The van der Waals surface area contributed by atoms with Crippen molar-refractivity contribution in [3.05, 3.63) is 17.5 Å². The van der Waals surface area contributed by atoms with Crippen LogP contribution in [0.1, 0.15) is 74.5 Å². The number of aliphatic hydroxyl groups is 1. The Labute approximate surface area is 150 Å². The van der Waals surface area contributed by atoms with Crippen LogP contribution in [0, 0.1) is 5.92 Å². The highest BCUT2D eigenvalue weighted by Crippen LogP contribution is 2.42. The van der Waals surface area contributed by atoms with Gasteiger partial charge >= 0.3 is 0 Å². The fourth-order valence-electron chi connectivity index (χ4n) is 3.63. The lowest BCUT2D eigenvalue weighted by Crippen LogP contribution is -2.43. The van der Waals surface area contributed by atoms with Gasteiger partial charge in [0.25, 0.3) is 5.91 Å². The van der Waals surface area contributed by atoms with Crippen LogP contribution in [0.2, 0.25) is 0 Å². The predicted octanol–water partition coefficient (Wildman–Crippen LogP) is 2.16. The Morgan fingerprint density at radius 3 is 2.60 bits per heavy atom. The second-order valence-corrected chi connectivity index (χ2v) is 8.10. The largest absolute Gasteiger partial charge is 0.390 e. The molecule has 2 aliphatic rings. The van der Waals surface area contributed by atoms with Gasteiger partial charge in [-0.05, 0) is 58.5 Å². The molecule has 2 N–H and O–H groups in total. The van der Waals surface area contributed by atoms with E-state index in [1.54, 1.807) is 6.20 Å². The SMILES string of the molecule is CC1CCN(CC(O)CNC(=O)c2cnn(C(C)C)c2C2CC2)CC1. The molecule has 1 aliphatic carbocycles. The van der Waals surface area contributed by atoms with Gasteiger partial charge in [-0.25, -0.2) is 0 Å². The molecule has 1 saturated heterocycles. The number of hydrogen-bond acceptors (Lipinski definition) is 4. The first-order chi connectivity index (χ1) is 12.0. The van der Waals surface area contributed by atoms with Gasteiger partial charge in [0.15, 0.2) is 0 Å². The third kappa shape index (κ3) is 4.61. The van der Waals surface area contributed by atoms with Crippen LogP contribution in [-0.2, 0) is 0 Å². The van der Waals surface area contributed by atoms with E-state index in [2.05, 4.69) is 36.1 Å². The average molecular weight is 348 g/mol. The molecule has 0 bridgehead atoms. The number of carbonyl (C=O) groups is 1. The van der Waals surface area contributed by atoms with E-state index in [0.29, 0.717) is 24.6 Å². The Morgan fingerprint density at radius 2 is 2.00 bits per heavy atom. The molecule has 1 aromatic rings. The van der Waals surface area contributed by atoms with Gasteiger partial charge in [0.1, 0.15) is 0 Å². The summed E-state index contributed by atoms with van der Waals surface area (Å²) < 4.78 is 1.97. The molecule has 1 unspecified atom stereocenters. The highest BCUT2D eigenvalue weighted by atomic mass is 16.3. The van der Waals surface area contributed by atoms with Crippen LogP contribution < -0.4 is 5.32 Å². The van der Waals surface area contributed by atoms with Crippen molar-refractivity contribution in [2.75, 3.05) is 26.2 Å². The van der Waals surface area contributed by atoms with E-state index in [9.17, 15) is 9.90 Å². The number of nitrogens with one attached hydrogen (secondary N) is 1. The van der Waals surface area contributed by atoms with Crippen molar-refractivity contribution in [1.82, 2.24) is 20.0 Å². The average Bonchev–Trinajstić information content (AvgIpc) is 3.32. The fraction of sp³-hybridized carbons (Fsp3) is 0.789. The summed E-state index contributed by atoms with van der Waals surface area (Å²) in [6, 6.07) is 0.254. The summed E-state index contributed by atoms with van der Waals surface area (Å²) in [7, 11) is 0. The van der Waals surface area contributed by atoms with E-state index in [-0.39, 0.29) is 11.9 Å². The Hall–Kier alpha value is -1.40. The third-order valence-electron chi connectivity index (χ3n) is 5.38. The zero-order chi connectivity index (χ0) is 18.0. The zero-order valence-corrected chi connectivity index (χ0v) is 15.7. The van der Waals surface area contributed by atoms with Crippen molar-refractivity contribution in [3.8, 4) is 0 Å². The Balaban J connectivity index is 1.52. The van der Waals surface area contributed by atoms with Crippen LogP contribution in [0.4, 0.5) is 0 Å². The molecule has 1 aliphatic heterocycles. The summed E-state index contributed by atoms with van der Waals surface area (Å²) in [6.45, 7) is 9.46. The van der Waals surface area contributed by atoms with E-state index >= 15 is 0 Å². The van der Waals surface area contributed by atoms with Gasteiger partial charge in [-0.15, -0.1) is 0 Å². The van der Waals surface area contributed by atoms with Gasteiger partial charge in [0.05, 0.1) is 23.6 Å². The topological polar surface area (TPSA) is 70.4 Å². The lowest BCUT2D eigenvalue weighted by Gasteiger charge is -2.31. The van der Waals surface area contributed by atoms with Gasteiger partial charge in [0.2, 0.25) is 0 Å². The molecule has 0 aromatic carbocycles. The molecule has 6 nitrogen and oxygen atoms in total. The smallest absolute Gasteiger partial charge is 0.254 e. The van der Waals surface area contributed by atoms with Gasteiger partial charge in [0, 0.05) is 25.0 Å². The molecule has 2 fully saturated rings. The Kier molecular flexibility index (Phi) is 5.79. The number of carbonyl (C=O) groups excluding carboxylic acids is 1. The number of rotatable bonds is 7. The lowest BCUT2D eigenvalue weighted by atomic mass is 9.99. The van der Waals surface area contributed by atoms with Crippen LogP contribution in [-0.4, -0.2) is 58.0 Å². The van der Waals surface area contributed by atoms with Crippen molar-refractivity contribution in [2.24, 2.45) is 5.92 Å². The zero-order valence-electron chi connectivity index (χ0n) is 15.7. The standard InChI is InChI=1S/C19H32N4O2/c1-13(2)23-18(15-4-5-15)17(11-21-23)19(25)20-10-16(24)12-22-8-6-14(3)7-9-22/h11,13-16,24H,4-10,12H2,1-3H3,(H,20,25). The maximum Gasteiger partial charge on any atom is 0.254 e. The second-order valence-electron chi connectivity index (χ2n) is 8.10. The number of amides is 1. The molecule has 1 amide bonds. The van der Waals surface area contributed by atoms with E-state index in [1.807, 2.05) is 4.68 Å². The molecule has 25 heavy (non-hydrogen) atoms. The number of likely N-dealkylation sites (tertiary alicyclic amines) is 1. The number of piperidine rings is 1. The van der Waals surface area contributed by atoms with Gasteiger partial charge in [-0.1, -0.05) is 6.92 Å². The molecule has 1 atom stereocenters. The van der Waals surface area contributed by atoms with E-state index < -0.39 is 6.10 Å². The summed E-state index contributed by atoms with van der Waals surface area (Å²) in [6.07, 6.45) is 5.81. The molecule has 140 valence electrons. The number of aliphatic hydroxyl groups excluding tert-OH is 1. The minimum atomic E-state index is -0.526. The number of hydrogen-bond donors (Lipinski definition) is 2. The fourth-order valence-corrected chi connectivity index (χ4v) is 3.63. The maximum atomic E-state index is 12.6. The molecule has 0 radical (unpaired) electrons. The monoisotopic (exact) mass is 348 g/mol. The van der Waals surface area contributed by atoms with Crippen LogP contribution >= 0.6 is 0 Å². The maximum absolute atomic E-state index is 12.6. The first-order valence-corrected chi connectivity index (χ1v) is 9.71. The molecular formula is C19H32N4O2. The summed E-state index contributed by atoms with van der Waals surface area (Å²) in [5.41, 5.74) is 1.74. The van der Waals surface area contributed by atoms with Crippen LogP contribution in [0.5, 0.6) is 0 Å². The third-order valence-corrected chi connectivity index (χ3v) is 5.38. The van der Waals surface area contributed by atoms with Crippen LogP contribution in [0.15, 0.2) is 6.20 Å². The minimum absolute atomic E-state index is 0.111. The van der Waals surface area contributed by atoms with Gasteiger partial charge in [-0.3, -0.25) is 9.48 Å². The van der Waals surface area contributed by atoms with Crippen LogP contribution in [0.25, 0.3) is 0 Å². The van der Waals surface area contributed by atoms with E-state index in [1.165, 1.54) is 12.8 Å². The number of aromatic nitrogens is 2. The summed E-state index contributed by atoms with van der Waals surface area (Å²) in [4.78, 5) is 14.9. The molecular weight excluding hydrogens is 316 g/mol. The molecule has 6 heteroatoms. The first-order valence-electron chi connectivity index (χ1n) is 9.71. The van der Waals surface area contributed by atoms with Gasteiger partial charge < -0.3 is 15.3 Å². The first kappa shape index (κ1) is 18.4. The van der Waals surface area contributed by atoms with Crippen LogP contribution in [0.3, 0.4) is 0 Å².